The first-order chi connectivity index (χ1) is 14.4. The van der Waals surface area contributed by atoms with Gasteiger partial charge in [0.05, 0.1) is 0 Å². The van der Waals surface area contributed by atoms with Gasteiger partial charge in [-0.25, -0.2) is 0 Å². The van der Waals surface area contributed by atoms with Crippen molar-refractivity contribution in [3.8, 4) is 5.75 Å². The number of alkyl halides is 3. The van der Waals surface area contributed by atoms with Gasteiger partial charge in [0, 0.05) is 0 Å². The van der Waals surface area contributed by atoms with Gasteiger partial charge in [0.15, 0.2) is 0 Å². The predicted octanol–water partition coefficient (Wildman–Crippen LogP) is 8.49. The Kier molecular flexibility index (Phi) is 6.99. The Labute approximate surface area is 179 Å². The van der Waals surface area contributed by atoms with Crippen LogP contribution in [0.15, 0.2) is 24.3 Å². The molecule has 0 heterocycles. The summed E-state index contributed by atoms with van der Waals surface area (Å²) >= 11 is 0. The first-order valence-corrected chi connectivity index (χ1v) is 12.3. The summed E-state index contributed by atoms with van der Waals surface area (Å²) in [6.45, 7) is 2.31. The molecule has 0 spiro atoms. The Bertz CT molecular complexity index is 660. The molecule has 3 aliphatic rings. The topological polar surface area (TPSA) is 9.23 Å². The molecule has 4 rings (SSSR count). The quantitative estimate of drug-likeness (QED) is 0.462. The zero-order valence-electron chi connectivity index (χ0n) is 18.3. The highest BCUT2D eigenvalue weighted by Crippen LogP contribution is 2.51. The van der Waals surface area contributed by atoms with Crippen LogP contribution in [-0.2, 0) is 0 Å². The summed E-state index contributed by atoms with van der Waals surface area (Å²) in [6.07, 6.45) is 11.8. The van der Waals surface area contributed by atoms with Crippen LogP contribution in [0.4, 0.5) is 13.2 Å². The van der Waals surface area contributed by atoms with Crippen molar-refractivity contribution in [3.63, 3.8) is 0 Å². The largest absolute Gasteiger partial charge is 0.573 e. The Balaban J connectivity index is 1.27. The van der Waals surface area contributed by atoms with E-state index in [9.17, 15) is 13.2 Å². The summed E-state index contributed by atoms with van der Waals surface area (Å²) < 4.78 is 41.2. The highest BCUT2D eigenvalue weighted by molar-refractivity contribution is 5.30. The van der Waals surface area contributed by atoms with Crippen LogP contribution in [0.3, 0.4) is 0 Å². The molecule has 1 aromatic carbocycles. The van der Waals surface area contributed by atoms with Crippen LogP contribution in [0, 0.1) is 29.6 Å². The zero-order valence-corrected chi connectivity index (χ0v) is 18.3. The molecule has 0 bridgehead atoms. The third-order valence-electron chi connectivity index (χ3n) is 8.49. The Morgan fingerprint density at radius 1 is 0.767 bits per heavy atom. The summed E-state index contributed by atoms with van der Waals surface area (Å²) in [5.41, 5.74) is 1.18. The van der Waals surface area contributed by atoms with Crippen LogP contribution in [0.5, 0.6) is 5.75 Å². The third kappa shape index (κ3) is 5.53. The summed E-state index contributed by atoms with van der Waals surface area (Å²) in [5.74, 6) is 4.97. The van der Waals surface area contributed by atoms with Crippen molar-refractivity contribution in [2.75, 3.05) is 0 Å². The fourth-order valence-electron chi connectivity index (χ4n) is 6.95. The van der Waals surface area contributed by atoms with Gasteiger partial charge in [-0.2, -0.15) is 0 Å². The van der Waals surface area contributed by atoms with Gasteiger partial charge in [0.25, 0.3) is 0 Å². The van der Waals surface area contributed by atoms with E-state index in [4.69, 9.17) is 0 Å². The second kappa shape index (κ2) is 9.53. The Morgan fingerprint density at radius 2 is 1.33 bits per heavy atom. The number of halogens is 3. The normalized spacial score (nSPS) is 34.9. The van der Waals surface area contributed by atoms with Crippen molar-refractivity contribution in [2.24, 2.45) is 29.6 Å². The second-order valence-corrected chi connectivity index (χ2v) is 10.3. The molecule has 30 heavy (non-hydrogen) atoms. The first kappa shape index (κ1) is 22.0. The SMILES string of the molecule is CCCC1CCC(C2CCC3CC(c4ccc(OC(F)(F)F)cc4)CCC3C2)CC1. The lowest BCUT2D eigenvalue weighted by Crippen LogP contribution is -2.34. The molecule has 3 aliphatic carbocycles. The molecule has 1 aromatic rings. The molecule has 4 atom stereocenters. The van der Waals surface area contributed by atoms with Gasteiger partial charge in [-0.3, -0.25) is 0 Å². The summed E-state index contributed by atoms with van der Waals surface area (Å²) in [7, 11) is 0. The fourth-order valence-corrected chi connectivity index (χ4v) is 6.95. The van der Waals surface area contributed by atoms with Gasteiger partial charge in [-0.1, -0.05) is 44.7 Å². The first-order valence-electron chi connectivity index (χ1n) is 12.3. The molecule has 0 radical (unpaired) electrons. The summed E-state index contributed by atoms with van der Waals surface area (Å²) in [6, 6.07) is 6.63. The maximum Gasteiger partial charge on any atom is 0.573 e. The molecule has 4 heteroatoms. The van der Waals surface area contributed by atoms with Crippen LogP contribution >= 0.6 is 0 Å². The highest BCUT2D eigenvalue weighted by Gasteiger charge is 2.39. The minimum atomic E-state index is -4.62. The fraction of sp³-hybridized carbons (Fsp3) is 0.769. The molecule has 3 saturated carbocycles. The maximum atomic E-state index is 12.4. The monoisotopic (exact) mass is 422 g/mol. The minimum Gasteiger partial charge on any atom is -0.406 e. The van der Waals surface area contributed by atoms with Crippen LogP contribution in [-0.4, -0.2) is 6.36 Å². The molecule has 0 N–H and O–H groups in total. The van der Waals surface area contributed by atoms with Gasteiger partial charge in [0.1, 0.15) is 5.75 Å². The minimum absolute atomic E-state index is 0.117. The number of ether oxygens (including phenoxy) is 1. The van der Waals surface area contributed by atoms with Gasteiger partial charge in [-0.05, 0) is 105 Å². The Hall–Kier alpha value is -1.19. The number of benzene rings is 1. The molecular weight excluding hydrogens is 385 g/mol. The van der Waals surface area contributed by atoms with Gasteiger partial charge >= 0.3 is 6.36 Å². The molecule has 0 amide bonds. The molecule has 0 saturated heterocycles. The van der Waals surface area contributed by atoms with E-state index < -0.39 is 6.36 Å². The molecule has 3 fully saturated rings. The molecule has 168 valence electrons. The standard InChI is InChI=1S/C26H37F3O/c1-2-3-18-4-6-19(7-5-18)21-8-10-24-17-22(9-11-23(24)16-21)20-12-14-25(15-13-20)30-26(27,28)29/h12-15,18-19,21-24H,2-11,16-17H2,1H3. The lowest BCUT2D eigenvalue weighted by atomic mass is 9.60. The predicted molar refractivity (Wildman–Crippen MR) is 114 cm³/mol. The number of hydrogen-bond donors (Lipinski definition) is 0. The summed E-state index contributed by atoms with van der Waals surface area (Å²) in [5, 5.41) is 0. The van der Waals surface area contributed by atoms with Gasteiger partial charge in [0.2, 0.25) is 0 Å². The van der Waals surface area contributed by atoms with Crippen LogP contribution in [0.1, 0.15) is 95.5 Å². The summed E-state index contributed by atoms with van der Waals surface area (Å²) in [4.78, 5) is 0. The smallest absolute Gasteiger partial charge is 0.406 e. The van der Waals surface area contributed by atoms with E-state index in [1.165, 1.54) is 94.7 Å². The van der Waals surface area contributed by atoms with Crippen molar-refractivity contribution in [2.45, 2.75) is 96.3 Å². The third-order valence-corrected chi connectivity index (χ3v) is 8.49. The van der Waals surface area contributed by atoms with E-state index in [0.29, 0.717) is 5.92 Å². The van der Waals surface area contributed by atoms with Crippen LogP contribution in [0.2, 0.25) is 0 Å². The lowest BCUT2D eigenvalue weighted by Gasteiger charge is -2.45. The second-order valence-electron chi connectivity index (χ2n) is 10.3. The van der Waals surface area contributed by atoms with Crippen molar-refractivity contribution in [1.82, 2.24) is 0 Å². The highest BCUT2D eigenvalue weighted by atomic mass is 19.4. The van der Waals surface area contributed by atoms with Gasteiger partial charge < -0.3 is 4.74 Å². The average Bonchev–Trinajstić information content (AvgIpc) is 2.73. The van der Waals surface area contributed by atoms with E-state index in [2.05, 4.69) is 11.7 Å². The van der Waals surface area contributed by atoms with Crippen molar-refractivity contribution >= 4 is 0 Å². The number of rotatable bonds is 5. The maximum absolute atomic E-state index is 12.4. The number of fused-ring (bicyclic) bond motifs is 1. The molecule has 4 unspecified atom stereocenters. The van der Waals surface area contributed by atoms with Crippen molar-refractivity contribution in [3.05, 3.63) is 29.8 Å². The molecule has 0 aliphatic heterocycles. The average molecular weight is 423 g/mol. The van der Waals surface area contributed by atoms with E-state index in [1.807, 2.05) is 12.1 Å². The van der Waals surface area contributed by atoms with E-state index in [1.54, 1.807) is 0 Å². The van der Waals surface area contributed by atoms with Crippen molar-refractivity contribution in [1.29, 1.82) is 0 Å². The van der Waals surface area contributed by atoms with E-state index in [-0.39, 0.29) is 5.75 Å². The van der Waals surface area contributed by atoms with Gasteiger partial charge in [-0.15, -0.1) is 13.2 Å². The molecular formula is C26H37F3O. The molecule has 1 nitrogen and oxygen atoms in total. The van der Waals surface area contributed by atoms with E-state index in [0.717, 1.165) is 29.6 Å². The zero-order chi connectivity index (χ0) is 21.1. The van der Waals surface area contributed by atoms with Crippen LogP contribution in [0.25, 0.3) is 0 Å². The Morgan fingerprint density at radius 3 is 1.97 bits per heavy atom. The van der Waals surface area contributed by atoms with Crippen LogP contribution < -0.4 is 4.74 Å². The lowest BCUT2D eigenvalue weighted by molar-refractivity contribution is -0.274. The number of hydrogen-bond acceptors (Lipinski definition) is 1. The van der Waals surface area contributed by atoms with Crippen molar-refractivity contribution < 1.29 is 17.9 Å². The van der Waals surface area contributed by atoms with E-state index >= 15 is 0 Å². The molecule has 0 aromatic heterocycles.